The minimum atomic E-state index is -0.770. The Morgan fingerprint density at radius 1 is 0.286 bits per heavy atom. The van der Waals surface area contributed by atoms with Crippen LogP contribution in [0.3, 0.4) is 0 Å². The summed E-state index contributed by atoms with van der Waals surface area (Å²) >= 11 is 0. The predicted octanol–water partition coefficient (Wildman–Crippen LogP) is 15.7. The number of fused-ring (bicyclic) bond motifs is 6. The minimum absolute atomic E-state index is 0.0297. The van der Waals surface area contributed by atoms with Crippen LogP contribution in [0.2, 0.25) is 0 Å². The Bertz CT molecular complexity index is 4660. The molecular weight excluding hydrogens is 1340 g/mol. The van der Waals surface area contributed by atoms with Gasteiger partial charge in [0.25, 0.3) is 0 Å². The molecule has 0 aromatic carbocycles. The Hall–Kier alpha value is -10.1. The predicted molar refractivity (Wildman–Crippen MR) is 413 cm³/mol. The normalized spacial score (nSPS) is 14.0. The maximum absolute atomic E-state index is 13.4. The van der Waals surface area contributed by atoms with E-state index in [2.05, 4.69) is 325 Å². The van der Waals surface area contributed by atoms with Crippen molar-refractivity contribution in [2.75, 3.05) is 31.9 Å². The third kappa shape index (κ3) is 22.5. The molecule has 30 nitrogen and oxygen atoms in total. The van der Waals surface area contributed by atoms with Crippen LogP contribution in [0.15, 0.2) is 56.9 Å². The summed E-state index contributed by atoms with van der Waals surface area (Å²) in [5.41, 5.74) is 8.27. The van der Waals surface area contributed by atoms with Crippen molar-refractivity contribution >= 4 is 102 Å². The van der Waals surface area contributed by atoms with Gasteiger partial charge < -0.3 is 61.8 Å². The smallest absolute Gasteiger partial charge is 0.312 e. The molecule has 0 aliphatic rings. The number of hydrogen-bond donors (Lipinski definition) is 12. The van der Waals surface area contributed by atoms with E-state index < -0.39 is 18.2 Å². The van der Waals surface area contributed by atoms with Gasteiger partial charge in [-0.3, -0.25) is 0 Å². The molecule has 105 heavy (non-hydrogen) atoms. The van der Waals surface area contributed by atoms with E-state index in [0.29, 0.717) is 97.8 Å². The van der Waals surface area contributed by atoms with Gasteiger partial charge in [0.2, 0.25) is 0 Å². The number of hydrogen-bond acceptors (Lipinski definition) is 24. The topological polar surface area (TPSA) is 399 Å². The summed E-state index contributed by atoms with van der Waals surface area (Å²) in [4.78, 5) is 89.7. The SMILES string of the molecule is CC(C)[C@H](Nc1nc(F)nc2nc[nH]c12)C(C)(C)C.CC(C)[C@H](Nc1ncnc2nc[nH]c12)C(C)(C)C.CC[C@H](Nc1nc(F)nc2nc[nH]c12)C(C)(C)C.CC[C@H](Nc1ncnc2nc[nH]c12)C(C)(C)C.C[C@H](Nc1nc(F)nc2nc[nH]c12)C(C)(C)C.C[C@H](Nc1ncnc2nc[nH]c12)C(C)(C)C. The first-order valence-corrected chi connectivity index (χ1v) is 35.6. The van der Waals surface area contributed by atoms with E-state index in [1.54, 1.807) is 31.6 Å². The highest BCUT2D eigenvalue weighted by Crippen LogP contribution is 2.34. The van der Waals surface area contributed by atoms with Gasteiger partial charge in [-0.1, -0.05) is 166 Å². The van der Waals surface area contributed by atoms with Crippen molar-refractivity contribution in [2.24, 2.45) is 44.3 Å². The lowest BCUT2D eigenvalue weighted by Crippen LogP contribution is -2.38. The van der Waals surface area contributed by atoms with Crippen molar-refractivity contribution in [1.82, 2.24) is 120 Å². The molecule has 0 amide bonds. The third-order valence-electron chi connectivity index (χ3n) is 18.1. The molecule has 0 radical (unpaired) electrons. The summed E-state index contributed by atoms with van der Waals surface area (Å²) in [6.07, 6.45) is 13.7. The third-order valence-corrected chi connectivity index (χ3v) is 18.1. The fourth-order valence-corrected chi connectivity index (χ4v) is 11.5. The fraction of sp³-hybridized carbons (Fsp3) is 0.583. The second-order valence-electron chi connectivity index (χ2n) is 33.2. The molecule has 0 fully saturated rings. The average molecular weight is 1450 g/mol. The Labute approximate surface area is 612 Å². The van der Waals surface area contributed by atoms with Crippen LogP contribution in [0.1, 0.15) is 193 Å². The van der Waals surface area contributed by atoms with Crippen molar-refractivity contribution in [2.45, 2.75) is 229 Å². The second-order valence-corrected chi connectivity index (χ2v) is 33.2. The van der Waals surface area contributed by atoms with Crippen LogP contribution in [0.4, 0.5) is 48.1 Å². The summed E-state index contributed by atoms with van der Waals surface area (Å²) in [5.74, 6) is 4.75. The number of anilines is 6. The maximum Gasteiger partial charge on any atom is 0.312 e. The molecule has 12 N–H and O–H groups in total. The number of H-pyrrole nitrogens is 6. The molecule has 12 heterocycles. The van der Waals surface area contributed by atoms with Crippen molar-refractivity contribution in [3.63, 3.8) is 0 Å². The minimum Gasteiger partial charge on any atom is -0.365 e. The first kappa shape index (κ1) is 82.2. The molecule has 6 atom stereocenters. The van der Waals surface area contributed by atoms with Crippen molar-refractivity contribution in [3.8, 4) is 0 Å². The van der Waals surface area contributed by atoms with E-state index in [1.807, 2.05) is 6.92 Å². The van der Waals surface area contributed by atoms with Crippen molar-refractivity contribution < 1.29 is 13.2 Å². The first-order valence-electron chi connectivity index (χ1n) is 35.6. The van der Waals surface area contributed by atoms with Gasteiger partial charge in [-0.25, -0.2) is 59.8 Å². The standard InChI is InChI=1S/C13H20FN5.C13H21N5.C12H18FN5.C12H19N5.C11H16FN5.C11H17N5/c1-7(2)9(13(3,4)5)17-11-8-10(16-6-15-8)18-12(14)19-11;1-8(2)10(13(3,4)5)18-12-9-11(15-6-14-9)16-7-17-12;1-5-7(12(2,3)4)16-10-8-9(15-6-14-8)17-11(13)18-10;1-5-8(12(2,3)4)17-11-9-10(14-6-13-9)15-7-16-11;1-6(11(2,3)4)15-9-7-8(14-5-13-7)16-10(12)17-9;1-7(11(2,3)4)16-10-8-9(13-5-12-8)14-6-15-10/h6-7,9H,1-5H3,(H2,15,16,17,18,19);6-8,10H,1-5H3,(H2,14,15,16,17,18);6-7H,5H2,1-4H3,(H2,14,15,16,17,18);6-8H,5H2,1-4H3,(H2,13,14,15,16,17);5-6H,1-4H3,(H2,13,14,15,16,17);5-7H,1-4H3,(H2,12,13,14,15,16)/t9-;10-;7-;8-;6-;7-/m000000/s1. The van der Waals surface area contributed by atoms with Crippen LogP contribution >= 0.6 is 0 Å². The molecule has 0 saturated heterocycles. The number of rotatable bonds is 16. The summed E-state index contributed by atoms with van der Waals surface area (Å²) < 4.78 is 39.9. The highest BCUT2D eigenvalue weighted by molar-refractivity contribution is 5.85. The fourth-order valence-electron chi connectivity index (χ4n) is 11.5. The van der Waals surface area contributed by atoms with E-state index >= 15 is 0 Å². The van der Waals surface area contributed by atoms with Crippen LogP contribution in [0.5, 0.6) is 0 Å². The van der Waals surface area contributed by atoms with Crippen LogP contribution < -0.4 is 31.9 Å². The molecule has 0 bridgehead atoms. The summed E-state index contributed by atoms with van der Waals surface area (Å²) in [6.45, 7) is 56.2. The maximum atomic E-state index is 13.4. The van der Waals surface area contributed by atoms with E-state index in [0.717, 1.165) is 46.8 Å². The Morgan fingerprint density at radius 2 is 0.524 bits per heavy atom. The number of halogens is 3. The number of imidazole rings is 6. The van der Waals surface area contributed by atoms with Gasteiger partial charge in [0.05, 0.1) is 38.0 Å². The van der Waals surface area contributed by atoms with E-state index in [1.165, 1.54) is 25.3 Å². The molecule has 12 aromatic heterocycles. The Kier molecular flexibility index (Phi) is 26.8. The average Bonchev–Trinajstić information content (AvgIpc) is 1.79. The van der Waals surface area contributed by atoms with Gasteiger partial charge >= 0.3 is 18.2 Å². The molecule has 12 rings (SSSR count). The number of aromatic amines is 6. The lowest BCUT2D eigenvalue weighted by molar-refractivity contribution is 0.280. The quantitative estimate of drug-likeness (QED) is 0.0400. The highest BCUT2D eigenvalue weighted by Gasteiger charge is 2.32. The number of aromatic nitrogens is 24. The zero-order chi connectivity index (χ0) is 77.7. The molecule has 33 heteroatoms. The van der Waals surface area contributed by atoms with E-state index in [-0.39, 0.29) is 50.6 Å². The molecular formula is C72H111F3N30. The molecule has 0 unspecified atom stereocenters. The number of nitrogens with zero attached hydrogens (tertiary/aromatic N) is 18. The van der Waals surface area contributed by atoms with Gasteiger partial charge in [0, 0.05) is 36.3 Å². The summed E-state index contributed by atoms with van der Waals surface area (Å²) in [5, 5.41) is 20.2. The van der Waals surface area contributed by atoms with Gasteiger partial charge in [-0.2, -0.15) is 43.1 Å². The lowest BCUT2D eigenvalue weighted by atomic mass is 9.80. The van der Waals surface area contributed by atoms with Gasteiger partial charge in [0.15, 0.2) is 68.8 Å². The van der Waals surface area contributed by atoms with Gasteiger partial charge in [-0.15, -0.1) is 0 Å². The molecule has 0 spiro atoms. The van der Waals surface area contributed by atoms with E-state index in [9.17, 15) is 13.2 Å². The summed E-state index contributed by atoms with van der Waals surface area (Å²) in [7, 11) is 0. The molecule has 0 aliphatic carbocycles. The highest BCUT2D eigenvalue weighted by atomic mass is 19.1. The van der Waals surface area contributed by atoms with Crippen LogP contribution in [-0.4, -0.2) is 156 Å². The Morgan fingerprint density at radius 3 is 0.800 bits per heavy atom. The van der Waals surface area contributed by atoms with Crippen LogP contribution in [0.25, 0.3) is 67.0 Å². The summed E-state index contributed by atoms with van der Waals surface area (Å²) in [6, 6.07) is 1.51. The van der Waals surface area contributed by atoms with Crippen LogP contribution in [-0.2, 0) is 0 Å². The van der Waals surface area contributed by atoms with Crippen molar-refractivity contribution in [3.05, 3.63) is 75.2 Å². The largest absolute Gasteiger partial charge is 0.365 e. The molecule has 570 valence electrons. The zero-order valence-corrected chi connectivity index (χ0v) is 65.9. The lowest BCUT2D eigenvalue weighted by Gasteiger charge is -2.35. The second kappa shape index (κ2) is 34.2. The molecule has 12 aromatic rings. The Balaban J connectivity index is 0.000000176. The first-order chi connectivity index (χ1) is 49.0. The monoisotopic (exact) mass is 1450 g/mol. The zero-order valence-electron chi connectivity index (χ0n) is 65.9. The van der Waals surface area contributed by atoms with Crippen molar-refractivity contribution in [1.29, 1.82) is 0 Å². The molecule has 0 saturated carbocycles. The van der Waals surface area contributed by atoms with Crippen LogP contribution in [0, 0.1) is 62.6 Å². The van der Waals surface area contributed by atoms with Gasteiger partial charge in [0.1, 0.15) is 52.1 Å². The number of nitrogens with one attached hydrogen (secondary N) is 12. The molecule has 0 aliphatic heterocycles. The van der Waals surface area contributed by atoms with E-state index in [4.69, 9.17) is 0 Å². The van der Waals surface area contributed by atoms with Gasteiger partial charge in [-0.05, 0) is 71.0 Å².